The van der Waals surface area contributed by atoms with Crippen molar-refractivity contribution >= 4 is 11.8 Å². The number of hydrogen-bond acceptors (Lipinski definition) is 2. The highest BCUT2D eigenvalue weighted by Crippen LogP contribution is 2.25. The molecule has 1 aromatic rings. The van der Waals surface area contributed by atoms with Gasteiger partial charge >= 0.3 is 0 Å². The normalized spacial score (nSPS) is 15.3. The van der Waals surface area contributed by atoms with E-state index in [-0.39, 0.29) is 18.2 Å². The van der Waals surface area contributed by atoms with Crippen molar-refractivity contribution in [3.8, 4) is 0 Å². The fourth-order valence-electron chi connectivity index (χ4n) is 2.57. The van der Waals surface area contributed by atoms with Gasteiger partial charge in [-0.05, 0) is 25.0 Å². The second kappa shape index (κ2) is 5.98. The molecule has 0 bridgehead atoms. The zero-order chi connectivity index (χ0) is 14.7. The summed E-state index contributed by atoms with van der Waals surface area (Å²) in [7, 11) is 0. The molecule has 0 atom stereocenters. The highest BCUT2D eigenvalue weighted by atomic mass is 19.1. The van der Waals surface area contributed by atoms with Gasteiger partial charge in [0.2, 0.25) is 5.91 Å². The van der Waals surface area contributed by atoms with Crippen LogP contribution < -0.4 is 5.73 Å². The Bertz CT molecular complexity index is 528. The number of amides is 2. The summed E-state index contributed by atoms with van der Waals surface area (Å²) in [5.74, 6) is -2.94. The molecule has 0 saturated heterocycles. The maximum absolute atomic E-state index is 13.7. The summed E-state index contributed by atoms with van der Waals surface area (Å²) in [6.07, 6.45) is 3.45. The Kier molecular flexibility index (Phi) is 4.32. The first-order valence-electron chi connectivity index (χ1n) is 6.53. The Morgan fingerprint density at radius 3 is 2.45 bits per heavy atom. The Morgan fingerprint density at radius 1 is 1.25 bits per heavy atom. The van der Waals surface area contributed by atoms with Crippen LogP contribution in [0, 0.1) is 11.6 Å². The maximum Gasteiger partial charge on any atom is 0.257 e. The third-order valence-electron chi connectivity index (χ3n) is 3.51. The smallest absolute Gasteiger partial charge is 0.257 e. The van der Waals surface area contributed by atoms with Crippen LogP contribution in [0.4, 0.5) is 8.78 Å². The lowest BCUT2D eigenvalue weighted by atomic mass is 10.1. The van der Waals surface area contributed by atoms with Gasteiger partial charge in [0.05, 0.1) is 12.1 Å². The predicted octanol–water partition coefficient (Wildman–Crippen LogP) is 1.83. The quantitative estimate of drug-likeness (QED) is 0.915. The molecule has 0 aromatic heterocycles. The molecule has 0 aliphatic heterocycles. The van der Waals surface area contributed by atoms with Crippen LogP contribution in [0.25, 0.3) is 0 Å². The van der Waals surface area contributed by atoms with Crippen LogP contribution in [0.2, 0.25) is 0 Å². The van der Waals surface area contributed by atoms with E-state index in [9.17, 15) is 18.4 Å². The number of benzene rings is 1. The molecule has 1 aliphatic carbocycles. The first-order chi connectivity index (χ1) is 9.49. The number of nitrogens with two attached hydrogens (primary N) is 1. The first-order valence-corrected chi connectivity index (χ1v) is 6.53. The second-order valence-corrected chi connectivity index (χ2v) is 4.96. The van der Waals surface area contributed by atoms with E-state index in [1.807, 2.05) is 0 Å². The van der Waals surface area contributed by atoms with Crippen molar-refractivity contribution in [2.75, 3.05) is 6.54 Å². The van der Waals surface area contributed by atoms with Crippen molar-refractivity contribution in [2.45, 2.75) is 31.7 Å². The van der Waals surface area contributed by atoms with Crippen LogP contribution in [0.15, 0.2) is 18.2 Å². The van der Waals surface area contributed by atoms with E-state index in [0.29, 0.717) is 6.07 Å². The molecule has 6 heteroatoms. The zero-order valence-corrected chi connectivity index (χ0v) is 10.9. The number of rotatable bonds is 4. The molecule has 108 valence electrons. The number of halogens is 2. The summed E-state index contributed by atoms with van der Waals surface area (Å²) in [4.78, 5) is 24.8. The minimum Gasteiger partial charge on any atom is -0.368 e. The molecule has 0 radical (unpaired) electrons. The van der Waals surface area contributed by atoms with E-state index in [2.05, 4.69) is 0 Å². The molecule has 0 spiro atoms. The summed E-state index contributed by atoms with van der Waals surface area (Å²) >= 11 is 0. The molecule has 0 unspecified atom stereocenters. The predicted molar refractivity (Wildman–Crippen MR) is 68.8 cm³/mol. The van der Waals surface area contributed by atoms with Crippen LogP contribution in [-0.4, -0.2) is 29.3 Å². The maximum atomic E-state index is 13.7. The SMILES string of the molecule is NC(=O)CN(C(=O)c1ccc(F)cc1F)C1CCCC1. The lowest BCUT2D eigenvalue weighted by molar-refractivity contribution is -0.119. The zero-order valence-electron chi connectivity index (χ0n) is 10.9. The highest BCUT2D eigenvalue weighted by molar-refractivity contribution is 5.96. The summed E-state index contributed by atoms with van der Waals surface area (Å²) in [5, 5.41) is 0. The Hall–Kier alpha value is -1.98. The van der Waals surface area contributed by atoms with Gasteiger partial charge in [-0.3, -0.25) is 9.59 Å². The Labute approximate surface area is 115 Å². The topological polar surface area (TPSA) is 63.4 Å². The number of primary amides is 1. The van der Waals surface area contributed by atoms with Crippen molar-refractivity contribution in [1.29, 1.82) is 0 Å². The van der Waals surface area contributed by atoms with E-state index in [1.165, 1.54) is 4.90 Å². The van der Waals surface area contributed by atoms with Gasteiger partial charge in [0.25, 0.3) is 5.91 Å². The van der Waals surface area contributed by atoms with Gasteiger partial charge in [-0.15, -0.1) is 0 Å². The molecule has 2 rings (SSSR count). The van der Waals surface area contributed by atoms with Crippen molar-refractivity contribution in [3.63, 3.8) is 0 Å². The van der Waals surface area contributed by atoms with Crippen LogP contribution in [-0.2, 0) is 4.79 Å². The third kappa shape index (κ3) is 3.12. The van der Waals surface area contributed by atoms with E-state index in [0.717, 1.165) is 37.8 Å². The molecule has 1 fully saturated rings. The number of nitrogens with zero attached hydrogens (tertiary/aromatic N) is 1. The third-order valence-corrected chi connectivity index (χ3v) is 3.51. The van der Waals surface area contributed by atoms with Gasteiger partial charge in [-0.1, -0.05) is 12.8 Å². The minimum atomic E-state index is -0.928. The molecule has 2 N–H and O–H groups in total. The van der Waals surface area contributed by atoms with Crippen molar-refractivity contribution in [1.82, 2.24) is 4.90 Å². The van der Waals surface area contributed by atoms with Gasteiger partial charge in [-0.2, -0.15) is 0 Å². The standard InChI is InChI=1S/C14H16F2N2O2/c15-9-5-6-11(12(16)7-9)14(20)18(8-13(17)19)10-3-1-2-4-10/h5-7,10H,1-4,8H2,(H2,17,19). The average molecular weight is 282 g/mol. The van der Waals surface area contributed by atoms with E-state index < -0.39 is 23.4 Å². The lowest BCUT2D eigenvalue weighted by Crippen LogP contribution is -2.44. The van der Waals surface area contributed by atoms with Crippen molar-refractivity contribution in [3.05, 3.63) is 35.4 Å². The van der Waals surface area contributed by atoms with Crippen molar-refractivity contribution in [2.24, 2.45) is 5.73 Å². The first kappa shape index (κ1) is 14.4. The number of carbonyl (C=O) groups excluding carboxylic acids is 2. The summed E-state index contributed by atoms with van der Waals surface area (Å²) in [6, 6.07) is 2.66. The Balaban J connectivity index is 2.27. The van der Waals surface area contributed by atoms with Gasteiger partial charge in [0.15, 0.2) is 0 Å². The highest BCUT2D eigenvalue weighted by Gasteiger charge is 2.29. The van der Waals surface area contributed by atoms with Gasteiger partial charge in [0.1, 0.15) is 11.6 Å². The Morgan fingerprint density at radius 2 is 1.90 bits per heavy atom. The molecule has 20 heavy (non-hydrogen) atoms. The fraction of sp³-hybridized carbons (Fsp3) is 0.429. The second-order valence-electron chi connectivity index (χ2n) is 4.96. The molecule has 0 heterocycles. The molecule has 1 saturated carbocycles. The van der Waals surface area contributed by atoms with Crippen LogP contribution in [0.5, 0.6) is 0 Å². The molecule has 2 amide bonds. The molecule has 4 nitrogen and oxygen atoms in total. The number of hydrogen-bond donors (Lipinski definition) is 1. The molecule has 1 aromatic carbocycles. The lowest BCUT2D eigenvalue weighted by Gasteiger charge is -2.28. The molecular weight excluding hydrogens is 266 g/mol. The van der Waals surface area contributed by atoms with Crippen LogP contribution in [0.1, 0.15) is 36.0 Å². The van der Waals surface area contributed by atoms with E-state index >= 15 is 0 Å². The van der Waals surface area contributed by atoms with Crippen molar-refractivity contribution < 1.29 is 18.4 Å². The van der Waals surface area contributed by atoms with Crippen LogP contribution >= 0.6 is 0 Å². The van der Waals surface area contributed by atoms with Crippen LogP contribution in [0.3, 0.4) is 0 Å². The average Bonchev–Trinajstić information content (AvgIpc) is 2.88. The summed E-state index contributed by atoms with van der Waals surface area (Å²) < 4.78 is 26.6. The largest absolute Gasteiger partial charge is 0.368 e. The number of carbonyl (C=O) groups is 2. The minimum absolute atomic E-state index is 0.112. The van der Waals surface area contributed by atoms with E-state index in [4.69, 9.17) is 5.73 Å². The van der Waals surface area contributed by atoms with Gasteiger partial charge < -0.3 is 10.6 Å². The van der Waals surface area contributed by atoms with Gasteiger partial charge in [0, 0.05) is 12.1 Å². The molecular formula is C14H16F2N2O2. The van der Waals surface area contributed by atoms with E-state index in [1.54, 1.807) is 0 Å². The monoisotopic (exact) mass is 282 g/mol. The summed E-state index contributed by atoms with van der Waals surface area (Å²) in [5.41, 5.74) is 4.92. The summed E-state index contributed by atoms with van der Waals surface area (Å²) in [6.45, 7) is -0.250. The fourth-order valence-corrected chi connectivity index (χ4v) is 2.57. The molecule has 1 aliphatic rings. The van der Waals surface area contributed by atoms with Gasteiger partial charge in [-0.25, -0.2) is 8.78 Å².